The number of hydrogen-bond acceptors (Lipinski definition) is 3. The number of ether oxygens (including phenoxy) is 1. The van der Waals surface area contributed by atoms with Gasteiger partial charge < -0.3 is 15.8 Å². The summed E-state index contributed by atoms with van der Waals surface area (Å²) in [5, 5.41) is 2.95. The third kappa shape index (κ3) is 5.14. The quantitative estimate of drug-likeness (QED) is 0.758. The van der Waals surface area contributed by atoms with Crippen molar-refractivity contribution in [3.63, 3.8) is 0 Å². The van der Waals surface area contributed by atoms with Gasteiger partial charge in [-0.3, -0.25) is 4.79 Å². The Morgan fingerprint density at radius 3 is 2.62 bits per heavy atom. The van der Waals surface area contributed by atoms with Crippen LogP contribution in [0.3, 0.4) is 0 Å². The third-order valence-corrected chi connectivity index (χ3v) is 4.06. The first-order valence-electron chi connectivity index (χ1n) is 7.90. The topological polar surface area (TPSA) is 64.4 Å². The van der Waals surface area contributed by atoms with E-state index in [0.29, 0.717) is 19.8 Å². The van der Waals surface area contributed by atoms with Crippen LogP contribution in [0.15, 0.2) is 30.3 Å². The van der Waals surface area contributed by atoms with Crippen molar-refractivity contribution in [1.29, 1.82) is 0 Å². The molecule has 0 saturated heterocycles. The Morgan fingerprint density at radius 1 is 1.19 bits per heavy atom. The molecule has 3 N–H and O–H groups in total. The van der Waals surface area contributed by atoms with E-state index < -0.39 is 5.54 Å². The fourth-order valence-corrected chi connectivity index (χ4v) is 2.73. The van der Waals surface area contributed by atoms with Crippen LogP contribution in [0.1, 0.15) is 44.1 Å². The fourth-order valence-electron chi connectivity index (χ4n) is 2.73. The smallest absolute Gasteiger partial charge is 0.240 e. The number of nitrogens with one attached hydrogen (secondary N) is 1. The van der Waals surface area contributed by atoms with E-state index in [1.807, 2.05) is 30.3 Å². The molecule has 0 atom stereocenters. The van der Waals surface area contributed by atoms with Gasteiger partial charge in [0.1, 0.15) is 0 Å². The zero-order valence-corrected chi connectivity index (χ0v) is 12.6. The number of hydrogen-bond donors (Lipinski definition) is 2. The minimum absolute atomic E-state index is 0.00487. The highest BCUT2D eigenvalue weighted by Gasteiger charge is 2.34. The summed E-state index contributed by atoms with van der Waals surface area (Å²) in [4.78, 5) is 12.1. The maximum atomic E-state index is 12.1. The maximum Gasteiger partial charge on any atom is 0.240 e. The van der Waals surface area contributed by atoms with Crippen LogP contribution in [0, 0.1) is 0 Å². The van der Waals surface area contributed by atoms with Crippen LogP contribution in [0.4, 0.5) is 0 Å². The fraction of sp³-hybridized carbons (Fsp3) is 0.588. The predicted molar refractivity (Wildman–Crippen MR) is 83.7 cm³/mol. The minimum atomic E-state index is -0.636. The van der Waals surface area contributed by atoms with Crippen LogP contribution in [-0.2, 0) is 16.1 Å². The summed E-state index contributed by atoms with van der Waals surface area (Å²) in [7, 11) is 0. The second-order valence-electron chi connectivity index (χ2n) is 5.86. The molecular weight excluding hydrogens is 264 g/mol. The number of nitrogens with two attached hydrogens (primary N) is 1. The molecule has 116 valence electrons. The van der Waals surface area contributed by atoms with Gasteiger partial charge >= 0.3 is 0 Å². The van der Waals surface area contributed by atoms with Crippen molar-refractivity contribution >= 4 is 5.91 Å². The zero-order chi connectivity index (χ0) is 15.0. The largest absolute Gasteiger partial charge is 0.377 e. The summed E-state index contributed by atoms with van der Waals surface area (Å²) in [6, 6.07) is 10.1. The van der Waals surface area contributed by atoms with Crippen molar-refractivity contribution in [2.24, 2.45) is 5.73 Å². The minimum Gasteiger partial charge on any atom is -0.377 e. The van der Waals surface area contributed by atoms with Crippen molar-refractivity contribution in [3.8, 4) is 0 Å². The zero-order valence-electron chi connectivity index (χ0n) is 12.6. The Labute approximate surface area is 127 Å². The molecule has 0 aliphatic heterocycles. The molecule has 1 aliphatic rings. The normalized spacial score (nSPS) is 17.4. The molecule has 0 aromatic heterocycles. The van der Waals surface area contributed by atoms with Crippen molar-refractivity contribution in [2.75, 3.05) is 13.2 Å². The van der Waals surface area contributed by atoms with E-state index in [4.69, 9.17) is 10.5 Å². The molecule has 1 amide bonds. The molecule has 1 aromatic rings. The van der Waals surface area contributed by atoms with Gasteiger partial charge in [-0.15, -0.1) is 0 Å². The Morgan fingerprint density at radius 2 is 1.90 bits per heavy atom. The predicted octanol–water partition coefficient (Wildman–Crippen LogP) is 2.37. The molecule has 1 aromatic carbocycles. The summed E-state index contributed by atoms with van der Waals surface area (Å²) in [5.74, 6) is 0.00487. The Bertz CT molecular complexity index is 428. The standard InChI is InChI=1S/C17H26N2O2/c18-17(10-5-2-6-11-17)16(20)19-12-7-13-21-14-15-8-3-1-4-9-15/h1,3-4,8-9H,2,5-7,10-14,18H2,(H,19,20). The number of benzene rings is 1. The lowest BCUT2D eigenvalue weighted by molar-refractivity contribution is -0.127. The van der Waals surface area contributed by atoms with Gasteiger partial charge in [0.25, 0.3) is 0 Å². The van der Waals surface area contributed by atoms with Crippen molar-refractivity contribution in [2.45, 2.75) is 50.7 Å². The molecule has 2 rings (SSSR count). The van der Waals surface area contributed by atoms with Crippen LogP contribution in [-0.4, -0.2) is 24.6 Å². The second-order valence-corrected chi connectivity index (χ2v) is 5.86. The maximum absolute atomic E-state index is 12.1. The number of carbonyl (C=O) groups is 1. The molecule has 1 fully saturated rings. The summed E-state index contributed by atoms with van der Waals surface area (Å²) in [6.07, 6.45) is 5.75. The molecule has 0 spiro atoms. The highest BCUT2D eigenvalue weighted by Crippen LogP contribution is 2.25. The average molecular weight is 290 g/mol. The molecule has 0 bridgehead atoms. The van der Waals surface area contributed by atoms with Gasteiger partial charge in [-0.1, -0.05) is 49.6 Å². The first kappa shape index (κ1) is 16.0. The first-order chi connectivity index (χ1) is 10.2. The lowest BCUT2D eigenvalue weighted by Crippen LogP contribution is -2.55. The van der Waals surface area contributed by atoms with Crippen LogP contribution in [0.5, 0.6) is 0 Å². The van der Waals surface area contributed by atoms with E-state index in [-0.39, 0.29) is 5.91 Å². The van der Waals surface area contributed by atoms with Gasteiger partial charge in [-0.05, 0) is 24.8 Å². The summed E-state index contributed by atoms with van der Waals surface area (Å²) >= 11 is 0. The van der Waals surface area contributed by atoms with E-state index in [1.54, 1.807) is 0 Å². The van der Waals surface area contributed by atoms with Gasteiger partial charge in [0.05, 0.1) is 12.1 Å². The Balaban J connectivity index is 1.56. The average Bonchev–Trinajstić information content (AvgIpc) is 2.52. The number of carbonyl (C=O) groups excluding carboxylic acids is 1. The summed E-state index contributed by atoms with van der Waals surface area (Å²) in [5.41, 5.74) is 6.71. The molecule has 0 unspecified atom stereocenters. The number of rotatable bonds is 7. The van der Waals surface area contributed by atoms with Crippen LogP contribution in [0.2, 0.25) is 0 Å². The summed E-state index contributed by atoms with van der Waals surface area (Å²) in [6.45, 7) is 1.90. The summed E-state index contributed by atoms with van der Waals surface area (Å²) < 4.78 is 5.59. The van der Waals surface area contributed by atoms with E-state index in [0.717, 1.165) is 32.1 Å². The molecular formula is C17H26N2O2. The molecule has 21 heavy (non-hydrogen) atoms. The van der Waals surface area contributed by atoms with Gasteiger partial charge in [-0.2, -0.15) is 0 Å². The van der Waals surface area contributed by atoms with E-state index in [2.05, 4.69) is 5.32 Å². The molecule has 1 saturated carbocycles. The van der Waals surface area contributed by atoms with E-state index >= 15 is 0 Å². The molecule has 0 heterocycles. The Kier molecular flexibility index (Phi) is 6.21. The Hall–Kier alpha value is -1.39. The molecule has 0 radical (unpaired) electrons. The highest BCUT2D eigenvalue weighted by atomic mass is 16.5. The molecule has 1 aliphatic carbocycles. The van der Waals surface area contributed by atoms with E-state index in [1.165, 1.54) is 12.0 Å². The van der Waals surface area contributed by atoms with Crippen LogP contribution < -0.4 is 11.1 Å². The van der Waals surface area contributed by atoms with Crippen molar-refractivity contribution in [3.05, 3.63) is 35.9 Å². The first-order valence-corrected chi connectivity index (χ1v) is 7.90. The molecule has 4 nitrogen and oxygen atoms in total. The van der Waals surface area contributed by atoms with Crippen molar-refractivity contribution < 1.29 is 9.53 Å². The monoisotopic (exact) mass is 290 g/mol. The number of amides is 1. The SMILES string of the molecule is NC1(C(=O)NCCCOCc2ccccc2)CCCCC1. The van der Waals surface area contributed by atoms with E-state index in [9.17, 15) is 4.79 Å². The van der Waals surface area contributed by atoms with Crippen LogP contribution >= 0.6 is 0 Å². The van der Waals surface area contributed by atoms with Gasteiger partial charge in [0.2, 0.25) is 5.91 Å². The molecule has 4 heteroatoms. The lowest BCUT2D eigenvalue weighted by Gasteiger charge is -2.31. The lowest BCUT2D eigenvalue weighted by atomic mass is 9.82. The second kappa shape index (κ2) is 8.15. The van der Waals surface area contributed by atoms with Crippen LogP contribution in [0.25, 0.3) is 0 Å². The van der Waals surface area contributed by atoms with Gasteiger partial charge in [0.15, 0.2) is 0 Å². The highest BCUT2D eigenvalue weighted by molar-refractivity contribution is 5.86. The third-order valence-electron chi connectivity index (χ3n) is 4.06. The van der Waals surface area contributed by atoms with Gasteiger partial charge in [0, 0.05) is 13.2 Å². The van der Waals surface area contributed by atoms with Crippen molar-refractivity contribution in [1.82, 2.24) is 5.32 Å². The van der Waals surface area contributed by atoms with Gasteiger partial charge in [-0.25, -0.2) is 0 Å².